The van der Waals surface area contributed by atoms with Crippen LogP contribution in [0.2, 0.25) is 0 Å². The molecule has 0 fully saturated rings. The summed E-state index contributed by atoms with van der Waals surface area (Å²) in [5, 5.41) is 0. The molecule has 0 aromatic heterocycles. The lowest BCUT2D eigenvalue weighted by atomic mass is 10.2. The Balaban J connectivity index is 2.86. The smallest absolute Gasteiger partial charge is 0.338 e. The third-order valence-corrected chi connectivity index (χ3v) is 4.04. The number of nitrogens with one attached hydrogen (secondary N) is 1. The fourth-order valence-corrected chi connectivity index (χ4v) is 2.24. The molecule has 0 spiro atoms. The molecule has 0 heterocycles. The molecule has 0 aliphatic heterocycles. The van der Waals surface area contributed by atoms with Crippen molar-refractivity contribution in [2.24, 2.45) is 0 Å². The van der Waals surface area contributed by atoms with E-state index >= 15 is 0 Å². The molecule has 1 aromatic carbocycles. The van der Waals surface area contributed by atoms with Crippen LogP contribution in [-0.4, -0.2) is 32.8 Å². The normalized spacial score (nSPS) is 12.2. The topological polar surface area (TPSA) is 89.5 Å². The fraction of sp³-hybridized carbons (Fsp3) is 0.286. The number of carbonyl (C=O) groups excluding carboxylic acids is 2. The van der Waals surface area contributed by atoms with Crippen molar-refractivity contribution in [1.82, 2.24) is 4.72 Å². The summed E-state index contributed by atoms with van der Waals surface area (Å²) in [5.41, 5.74) is 0.152. The zero-order valence-electron chi connectivity index (χ0n) is 11.6. The van der Waals surface area contributed by atoms with Crippen LogP contribution in [0.25, 0.3) is 0 Å². The van der Waals surface area contributed by atoms with Gasteiger partial charge < -0.3 is 4.74 Å². The number of ketones is 1. The van der Waals surface area contributed by atoms with E-state index in [-0.39, 0.29) is 22.8 Å². The molecule has 6 nitrogen and oxygen atoms in total. The molecular weight excluding hydrogens is 294 g/mol. The van der Waals surface area contributed by atoms with Crippen LogP contribution in [0.3, 0.4) is 0 Å². The van der Waals surface area contributed by atoms with E-state index in [4.69, 9.17) is 11.2 Å². The van der Waals surface area contributed by atoms with Gasteiger partial charge in [-0.2, -0.15) is 4.72 Å². The quantitative estimate of drug-likeness (QED) is 0.618. The van der Waals surface area contributed by atoms with Crippen LogP contribution in [0, 0.1) is 12.3 Å². The van der Waals surface area contributed by atoms with Crippen LogP contribution >= 0.6 is 0 Å². The number of ether oxygens (including phenoxy) is 1. The van der Waals surface area contributed by atoms with Gasteiger partial charge in [0.05, 0.1) is 17.0 Å². The number of hydrogen-bond donors (Lipinski definition) is 1. The number of carbonyl (C=O) groups is 2. The van der Waals surface area contributed by atoms with E-state index in [1.807, 2.05) is 0 Å². The minimum Gasteiger partial charge on any atom is -0.451 e. The highest BCUT2D eigenvalue weighted by Crippen LogP contribution is 2.12. The van der Waals surface area contributed by atoms with Gasteiger partial charge in [-0.15, -0.1) is 6.42 Å². The molecule has 0 aliphatic carbocycles. The summed E-state index contributed by atoms with van der Waals surface area (Å²) in [6.07, 6.45) is 4.13. The third-order valence-electron chi connectivity index (χ3n) is 2.62. The molecule has 1 rings (SSSR count). The standard InChI is InChI=1S/C14H15NO5S/c1-4-9-15-21(18,19)13-7-5-12(6-8-13)14(17)20-11(3)10(2)16/h1,5-8,11,15H,9H2,2-3H3. The summed E-state index contributed by atoms with van der Waals surface area (Å²) >= 11 is 0. The minimum absolute atomic E-state index is 0.0195. The molecule has 0 bridgehead atoms. The first-order chi connectivity index (χ1) is 9.77. The molecule has 7 heteroatoms. The van der Waals surface area contributed by atoms with Gasteiger partial charge in [0, 0.05) is 0 Å². The van der Waals surface area contributed by atoms with Crippen molar-refractivity contribution >= 4 is 21.8 Å². The lowest BCUT2D eigenvalue weighted by Crippen LogP contribution is -2.24. The SMILES string of the molecule is C#CCNS(=O)(=O)c1ccc(C(=O)OC(C)C(C)=O)cc1. The van der Waals surface area contributed by atoms with Gasteiger partial charge in [-0.1, -0.05) is 5.92 Å². The van der Waals surface area contributed by atoms with Crippen LogP contribution in [0.5, 0.6) is 0 Å². The van der Waals surface area contributed by atoms with Crippen LogP contribution in [-0.2, 0) is 19.6 Å². The number of benzene rings is 1. The lowest BCUT2D eigenvalue weighted by molar-refractivity contribution is -0.124. The fourth-order valence-electron chi connectivity index (χ4n) is 1.30. The maximum absolute atomic E-state index is 11.8. The van der Waals surface area contributed by atoms with Crippen molar-refractivity contribution in [2.75, 3.05) is 6.54 Å². The van der Waals surface area contributed by atoms with Crippen LogP contribution in [0.15, 0.2) is 29.2 Å². The van der Waals surface area contributed by atoms with E-state index in [0.29, 0.717) is 0 Å². The number of sulfonamides is 1. The second-order valence-corrected chi connectivity index (χ2v) is 5.98. The average molecular weight is 309 g/mol. The zero-order valence-corrected chi connectivity index (χ0v) is 12.4. The minimum atomic E-state index is -3.70. The summed E-state index contributed by atoms with van der Waals surface area (Å²) in [7, 11) is -3.70. The van der Waals surface area contributed by atoms with Crippen molar-refractivity contribution in [3.05, 3.63) is 29.8 Å². The number of terminal acetylenes is 1. The molecular formula is C14H15NO5S. The molecule has 1 aromatic rings. The average Bonchev–Trinajstić information content (AvgIpc) is 2.45. The van der Waals surface area contributed by atoms with Crippen molar-refractivity contribution in [2.45, 2.75) is 24.8 Å². The molecule has 112 valence electrons. The van der Waals surface area contributed by atoms with Crippen LogP contribution in [0.1, 0.15) is 24.2 Å². The largest absolute Gasteiger partial charge is 0.451 e. The third kappa shape index (κ3) is 4.70. The van der Waals surface area contributed by atoms with Crippen molar-refractivity contribution in [1.29, 1.82) is 0 Å². The van der Waals surface area contributed by atoms with Crippen molar-refractivity contribution in [3.8, 4) is 12.3 Å². The van der Waals surface area contributed by atoms with Gasteiger partial charge in [0.25, 0.3) is 0 Å². The zero-order chi connectivity index (χ0) is 16.0. The van der Waals surface area contributed by atoms with Gasteiger partial charge in [-0.25, -0.2) is 13.2 Å². The van der Waals surface area contributed by atoms with Gasteiger partial charge in [-0.3, -0.25) is 4.79 Å². The summed E-state index contributed by atoms with van der Waals surface area (Å²) in [4.78, 5) is 22.7. The maximum atomic E-state index is 11.8. The summed E-state index contributed by atoms with van der Waals surface area (Å²) in [6.45, 7) is 2.65. The molecule has 1 atom stereocenters. The van der Waals surface area contributed by atoms with E-state index in [1.54, 1.807) is 0 Å². The van der Waals surface area contributed by atoms with Crippen LogP contribution in [0.4, 0.5) is 0 Å². The van der Waals surface area contributed by atoms with E-state index in [9.17, 15) is 18.0 Å². The van der Waals surface area contributed by atoms with Crippen molar-refractivity contribution < 1.29 is 22.7 Å². The Bertz CT molecular complexity index is 670. The molecule has 0 radical (unpaired) electrons. The summed E-state index contributed by atoms with van der Waals surface area (Å²) in [6, 6.07) is 5.13. The molecule has 0 aliphatic rings. The van der Waals surface area contributed by atoms with Gasteiger partial charge in [0.1, 0.15) is 0 Å². The first-order valence-corrected chi connectivity index (χ1v) is 7.51. The van der Waals surface area contributed by atoms with E-state index in [2.05, 4.69) is 10.6 Å². The first kappa shape index (κ1) is 16.9. The van der Waals surface area contributed by atoms with E-state index in [1.165, 1.54) is 38.1 Å². The van der Waals surface area contributed by atoms with Gasteiger partial charge >= 0.3 is 5.97 Å². The Hall–Kier alpha value is -2.17. The highest BCUT2D eigenvalue weighted by molar-refractivity contribution is 7.89. The van der Waals surface area contributed by atoms with Gasteiger partial charge in [0.15, 0.2) is 11.9 Å². The maximum Gasteiger partial charge on any atom is 0.338 e. The summed E-state index contributed by atoms with van der Waals surface area (Å²) < 4.78 is 30.6. The number of hydrogen-bond acceptors (Lipinski definition) is 5. The highest BCUT2D eigenvalue weighted by Gasteiger charge is 2.17. The number of Topliss-reactive ketones (excluding diaryl/α,β-unsaturated/α-hetero) is 1. The Morgan fingerprint density at radius 2 is 1.90 bits per heavy atom. The van der Waals surface area contributed by atoms with E-state index in [0.717, 1.165) is 0 Å². The lowest BCUT2D eigenvalue weighted by Gasteiger charge is -2.10. The molecule has 0 amide bonds. The number of rotatable bonds is 6. The van der Waals surface area contributed by atoms with Crippen LogP contribution < -0.4 is 4.72 Å². The second kappa shape index (κ2) is 7.02. The molecule has 21 heavy (non-hydrogen) atoms. The van der Waals surface area contributed by atoms with Gasteiger partial charge in [0.2, 0.25) is 10.0 Å². The Kier molecular flexibility index (Phi) is 5.64. The van der Waals surface area contributed by atoms with Gasteiger partial charge in [-0.05, 0) is 38.1 Å². The molecule has 0 saturated carbocycles. The molecule has 1 N–H and O–H groups in total. The Morgan fingerprint density at radius 3 is 2.38 bits per heavy atom. The van der Waals surface area contributed by atoms with E-state index < -0.39 is 22.1 Å². The summed E-state index contributed by atoms with van der Waals surface area (Å²) in [5.74, 6) is 1.19. The Labute approximate surface area is 123 Å². The second-order valence-electron chi connectivity index (χ2n) is 4.21. The van der Waals surface area contributed by atoms with Crippen molar-refractivity contribution in [3.63, 3.8) is 0 Å². The molecule has 0 saturated heterocycles. The monoisotopic (exact) mass is 309 g/mol. The first-order valence-electron chi connectivity index (χ1n) is 6.02. The predicted octanol–water partition coefficient (Wildman–Crippen LogP) is 0.732. The molecule has 1 unspecified atom stereocenters. The Morgan fingerprint density at radius 1 is 1.33 bits per heavy atom. The number of esters is 1. The highest BCUT2D eigenvalue weighted by atomic mass is 32.2. The predicted molar refractivity (Wildman–Crippen MR) is 76.0 cm³/mol.